The van der Waals surface area contributed by atoms with Crippen LogP contribution in [0.2, 0.25) is 0 Å². The molecule has 1 N–H and O–H groups in total. The van der Waals surface area contributed by atoms with Gasteiger partial charge in [0.1, 0.15) is 0 Å². The predicted octanol–water partition coefficient (Wildman–Crippen LogP) is 2.12. The molecule has 0 aliphatic carbocycles. The molecule has 1 fully saturated rings. The maximum Gasteiger partial charge on any atom is 0.0594 e. The number of nitrogens with one attached hydrogen (secondary N) is 1. The van der Waals surface area contributed by atoms with Crippen LogP contribution in [-0.4, -0.2) is 49.8 Å². The molecule has 0 bridgehead atoms. The number of hydrogen-bond donors (Lipinski definition) is 1. The van der Waals surface area contributed by atoms with E-state index in [0.29, 0.717) is 17.5 Å². The van der Waals surface area contributed by atoms with E-state index in [1.165, 1.54) is 6.42 Å². The summed E-state index contributed by atoms with van der Waals surface area (Å²) in [5, 5.41) is 3.65. The van der Waals surface area contributed by atoms with Crippen molar-refractivity contribution in [1.82, 2.24) is 10.2 Å². The molecule has 0 aromatic rings. The van der Waals surface area contributed by atoms with Crippen molar-refractivity contribution in [1.29, 1.82) is 0 Å². The second-order valence-electron chi connectivity index (χ2n) is 6.44. The molecule has 1 heterocycles. The summed E-state index contributed by atoms with van der Waals surface area (Å²) in [5.41, 5.74) is 0.426. The standard InChI is InChI=1S/C14H30N2O/c1-12(15-7-6-14(3,4)5)13(2)16-8-10-17-11-9-16/h12-13,15H,6-11H2,1-5H3/t12-,13-/m1/s1. The average molecular weight is 242 g/mol. The van der Waals surface area contributed by atoms with Gasteiger partial charge in [-0.3, -0.25) is 4.90 Å². The Labute approximate surface area is 107 Å². The molecular formula is C14H30N2O. The van der Waals surface area contributed by atoms with E-state index in [0.717, 1.165) is 32.8 Å². The molecule has 3 heteroatoms. The SMILES string of the molecule is C[C@H]([C@@H](C)NCCC(C)(C)C)N1CCOCC1. The summed E-state index contributed by atoms with van der Waals surface area (Å²) in [6, 6.07) is 1.15. The smallest absolute Gasteiger partial charge is 0.0594 e. The van der Waals surface area contributed by atoms with E-state index < -0.39 is 0 Å². The molecule has 1 aliphatic heterocycles. The van der Waals surface area contributed by atoms with Crippen LogP contribution in [0, 0.1) is 5.41 Å². The zero-order valence-corrected chi connectivity index (χ0v) is 12.3. The maximum atomic E-state index is 5.39. The van der Waals surface area contributed by atoms with Gasteiger partial charge in [0.2, 0.25) is 0 Å². The fourth-order valence-electron chi connectivity index (χ4n) is 2.15. The maximum absolute atomic E-state index is 5.39. The molecule has 0 radical (unpaired) electrons. The molecule has 0 amide bonds. The molecular weight excluding hydrogens is 212 g/mol. The van der Waals surface area contributed by atoms with Gasteiger partial charge in [-0.2, -0.15) is 0 Å². The van der Waals surface area contributed by atoms with Crippen LogP contribution in [0.25, 0.3) is 0 Å². The lowest BCUT2D eigenvalue weighted by molar-refractivity contribution is 0.0135. The van der Waals surface area contributed by atoms with Crippen LogP contribution in [-0.2, 0) is 4.74 Å². The van der Waals surface area contributed by atoms with Crippen molar-refractivity contribution >= 4 is 0 Å². The van der Waals surface area contributed by atoms with Gasteiger partial charge in [0.05, 0.1) is 13.2 Å². The highest BCUT2D eigenvalue weighted by molar-refractivity contribution is 4.79. The predicted molar refractivity (Wildman–Crippen MR) is 73.4 cm³/mol. The molecule has 1 aliphatic rings. The molecule has 2 atom stereocenters. The van der Waals surface area contributed by atoms with E-state index in [-0.39, 0.29) is 0 Å². The number of hydrogen-bond acceptors (Lipinski definition) is 3. The minimum absolute atomic E-state index is 0.426. The molecule has 0 spiro atoms. The third-order valence-corrected chi connectivity index (χ3v) is 3.69. The van der Waals surface area contributed by atoms with Crippen LogP contribution in [0.4, 0.5) is 0 Å². The molecule has 1 saturated heterocycles. The van der Waals surface area contributed by atoms with Crippen molar-refractivity contribution in [2.75, 3.05) is 32.8 Å². The Hall–Kier alpha value is -0.120. The van der Waals surface area contributed by atoms with Crippen molar-refractivity contribution in [3.05, 3.63) is 0 Å². The first kappa shape index (κ1) is 14.9. The minimum Gasteiger partial charge on any atom is -0.379 e. The molecule has 1 rings (SSSR count). The summed E-state index contributed by atoms with van der Waals surface area (Å²) >= 11 is 0. The van der Waals surface area contributed by atoms with Crippen LogP contribution in [0.5, 0.6) is 0 Å². The van der Waals surface area contributed by atoms with Crippen molar-refractivity contribution < 1.29 is 4.74 Å². The fourth-order valence-corrected chi connectivity index (χ4v) is 2.15. The van der Waals surface area contributed by atoms with Gasteiger partial charge in [-0.25, -0.2) is 0 Å². The van der Waals surface area contributed by atoms with Gasteiger partial charge >= 0.3 is 0 Å². The van der Waals surface area contributed by atoms with Crippen molar-refractivity contribution in [3.8, 4) is 0 Å². The molecule has 0 aromatic carbocycles. The number of ether oxygens (including phenoxy) is 1. The van der Waals surface area contributed by atoms with E-state index in [1.54, 1.807) is 0 Å². The Morgan fingerprint density at radius 3 is 2.29 bits per heavy atom. The summed E-state index contributed by atoms with van der Waals surface area (Å²) in [7, 11) is 0. The zero-order chi connectivity index (χ0) is 12.9. The van der Waals surface area contributed by atoms with Gasteiger partial charge < -0.3 is 10.1 Å². The summed E-state index contributed by atoms with van der Waals surface area (Å²) in [5.74, 6) is 0. The topological polar surface area (TPSA) is 24.5 Å². The normalized spacial score (nSPS) is 22.4. The van der Waals surface area contributed by atoms with Crippen LogP contribution in [0.15, 0.2) is 0 Å². The van der Waals surface area contributed by atoms with Crippen molar-refractivity contribution in [2.24, 2.45) is 5.41 Å². The van der Waals surface area contributed by atoms with E-state index in [1.807, 2.05) is 0 Å². The molecule has 0 saturated carbocycles. The first-order valence-corrected chi connectivity index (χ1v) is 6.95. The van der Waals surface area contributed by atoms with Gasteiger partial charge in [0.25, 0.3) is 0 Å². The number of nitrogens with zero attached hydrogens (tertiary/aromatic N) is 1. The summed E-state index contributed by atoms with van der Waals surface area (Å²) in [4.78, 5) is 2.53. The van der Waals surface area contributed by atoms with Crippen LogP contribution in [0.3, 0.4) is 0 Å². The summed E-state index contributed by atoms with van der Waals surface area (Å²) in [6.45, 7) is 16.5. The highest BCUT2D eigenvalue weighted by Gasteiger charge is 2.22. The molecule has 0 aromatic heterocycles. The first-order valence-electron chi connectivity index (χ1n) is 6.95. The van der Waals surface area contributed by atoms with E-state index >= 15 is 0 Å². The fraction of sp³-hybridized carbons (Fsp3) is 1.00. The number of morpholine rings is 1. The van der Waals surface area contributed by atoms with Crippen LogP contribution >= 0.6 is 0 Å². The Morgan fingerprint density at radius 1 is 1.18 bits per heavy atom. The van der Waals surface area contributed by atoms with E-state index in [4.69, 9.17) is 4.74 Å². The second-order valence-corrected chi connectivity index (χ2v) is 6.44. The van der Waals surface area contributed by atoms with E-state index in [9.17, 15) is 0 Å². The Morgan fingerprint density at radius 2 is 1.76 bits per heavy atom. The van der Waals surface area contributed by atoms with Gasteiger partial charge in [-0.15, -0.1) is 0 Å². The summed E-state index contributed by atoms with van der Waals surface area (Å²) < 4.78 is 5.39. The molecule has 0 unspecified atom stereocenters. The van der Waals surface area contributed by atoms with Crippen LogP contribution in [0.1, 0.15) is 41.0 Å². The lowest BCUT2D eigenvalue weighted by Crippen LogP contribution is -2.51. The third-order valence-electron chi connectivity index (χ3n) is 3.69. The lowest BCUT2D eigenvalue weighted by Gasteiger charge is -2.36. The Bertz CT molecular complexity index is 207. The molecule has 17 heavy (non-hydrogen) atoms. The van der Waals surface area contributed by atoms with Crippen molar-refractivity contribution in [2.45, 2.75) is 53.1 Å². The van der Waals surface area contributed by atoms with Crippen molar-refractivity contribution in [3.63, 3.8) is 0 Å². The largest absolute Gasteiger partial charge is 0.379 e. The van der Waals surface area contributed by atoms with Gasteiger partial charge in [-0.1, -0.05) is 20.8 Å². The molecule has 102 valence electrons. The summed E-state index contributed by atoms with van der Waals surface area (Å²) in [6.07, 6.45) is 1.23. The second kappa shape index (κ2) is 6.72. The number of rotatable bonds is 5. The lowest BCUT2D eigenvalue weighted by atomic mass is 9.92. The quantitative estimate of drug-likeness (QED) is 0.799. The highest BCUT2D eigenvalue weighted by atomic mass is 16.5. The third kappa shape index (κ3) is 5.84. The van der Waals surface area contributed by atoms with Crippen LogP contribution < -0.4 is 5.32 Å². The zero-order valence-electron chi connectivity index (χ0n) is 12.3. The van der Waals surface area contributed by atoms with Gasteiger partial charge in [0.15, 0.2) is 0 Å². The van der Waals surface area contributed by atoms with Gasteiger partial charge in [-0.05, 0) is 32.2 Å². The minimum atomic E-state index is 0.426. The molecule has 3 nitrogen and oxygen atoms in total. The Balaban J connectivity index is 2.23. The van der Waals surface area contributed by atoms with E-state index in [2.05, 4.69) is 44.8 Å². The van der Waals surface area contributed by atoms with Gasteiger partial charge in [0, 0.05) is 25.2 Å². The monoisotopic (exact) mass is 242 g/mol. The highest BCUT2D eigenvalue weighted by Crippen LogP contribution is 2.17. The first-order chi connectivity index (χ1) is 7.90. The Kier molecular flexibility index (Phi) is 5.90. The average Bonchev–Trinajstić information content (AvgIpc) is 2.27.